The number of rotatable bonds is 6. The first kappa shape index (κ1) is 22.7. The number of amides is 1. The third-order valence-electron chi connectivity index (χ3n) is 6.94. The summed E-state index contributed by atoms with van der Waals surface area (Å²) in [5, 5.41) is 4.65. The molecule has 1 N–H and O–H groups in total. The van der Waals surface area contributed by atoms with Gasteiger partial charge in [-0.1, -0.05) is 61.4 Å². The van der Waals surface area contributed by atoms with Crippen LogP contribution in [0.15, 0.2) is 40.3 Å². The molecule has 174 valence electrons. The van der Waals surface area contributed by atoms with Gasteiger partial charge in [0, 0.05) is 10.9 Å². The van der Waals surface area contributed by atoms with Gasteiger partial charge in [0.15, 0.2) is 5.16 Å². The van der Waals surface area contributed by atoms with Crippen molar-refractivity contribution in [1.29, 1.82) is 0 Å². The molecule has 1 atom stereocenters. The highest BCUT2D eigenvalue weighted by Gasteiger charge is 2.26. The number of hydrogen-bond donors (Lipinski definition) is 1. The van der Waals surface area contributed by atoms with E-state index in [0.717, 1.165) is 60.7 Å². The Kier molecular flexibility index (Phi) is 6.88. The van der Waals surface area contributed by atoms with E-state index in [9.17, 15) is 9.59 Å². The first-order valence-electron chi connectivity index (χ1n) is 12.2. The van der Waals surface area contributed by atoms with E-state index < -0.39 is 0 Å². The molecule has 3 aromatic rings. The quantitative estimate of drug-likeness (QED) is 0.356. The van der Waals surface area contributed by atoms with Crippen LogP contribution in [0.3, 0.4) is 0 Å². The van der Waals surface area contributed by atoms with Gasteiger partial charge in [-0.2, -0.15) is 0 Å². The zero-order valence-electron chi connectivity index (χ0n) is 19.1. The first-order valence-corrected chi connectivity index (χ1v) is 14.0. The minimum atomic E-state index is -0.0562. The van der Waals surface area contributed by atoms with Gasteiger partial charge in [-0.05, 0) is 56.6 Å². The zero-order valence-corrected chi connectivity index (χ0v) is 20.8. The van der Waals surface area contributed by atoms with Crippen LogP contribution >= 0.6 is 23.1 Å². The number of carbonyl (C=O) groups excluding carboxylic acids is 1. The molecule has 2 aromatic heterocycles. The van der Waals surface area contributed by atoms with Crippen molar-refractivity contribution < 1.29 is 4.79 Å². The second-order valence-corrected chi connectivity index (χ2v) is 11.3. The summed E-state index contributed by atoms with van der Waals surface area (Å²) in [6.07, 6.45) is 9.96. The summed E-state index contributed by atoms with van der Waals surface area (Å²) in [5.74, 6) is 0.221. The summed E-state index contributed by atoms with van der Waals surface area (Å²) in [4.78, 5) is 33.7. The maximum Gasteiger partial charge on any atom is 0.263 e. The average Bonchev–Trinajstić information content (AvgIpc) is 3.22. The lowest BCUT2D eigenvalue weighted by molar-refractivity contribution is -0.119. The summed E-state index contributed by atoms with van der Waals surface area (Å²) >= 11 is 3.09. The second-order valence-electron chi connectivity index (χ2n) is 9.24. The van der Waals surface area contributed by atoms with Gasteiger partial charge in [-0.25, -0.2) is 4.98 Å². The van der Waals surface area contributed by atoms with Gasteiger partial charge in [0.2, 0.25) is 5.91 Å². The van der Waals surface area contributed by atoms with Crippen molar-refractivity contribution in [3.8, 4) is 0 Å². The number of aryl methyl sites for hydroxylation is 2. The molecule has 5 nitrogen and oxygen atoms in total. The first-order chi connectivity index (χ1) is 16.1. The molecule has 2 heterocycles. The number of hydrogen-bond acceptors (Lipinski definition) is 5. The highest BCUT2D eigenvalue weighted by Crippen LogP contribution is 2.37. The topological polar surface area (TPSA) is 64.0 Å². The maximum atomic E-state index is 13.8. The van der Waals surface area contributed by atoms with Crippen LogP contribution < -0.4 is 10.9 Å². The molecular formula is C26H31N3O2S2. The molecule has 0 spiro atoms. The molecule has 1 amide bonds. The number of nitrogens with one attached hydrogen (secondary N) is 1. The third kappa shape index (κ3) is 4.76. The molecule has 1 aromatic carbocycles. The molecule has 33 heavy (non-hydrogen) atoms. The summed E-state index contributed by atoms with van der Waals surface area (Å²) in [6.45, 7) is 2.00. The van der Waals surface area contributed by atoms with Crippen molar-refractivity contribution in [1.82, 2.24) is 14.9 Å². The standard InChI is InChI=1S/C26H31N3O2S2/c1-17(18-10-4-2-5-11-18)27-22(30)16-32-26-28-24-23(20-14-8-9-15-21(20)33-24)25(31)29(26)19-12-6-3-7-13-19/h2,4-5,10-11,17,19H,3,6-9,12-16H2,1H3,(H,27,30)/t17-/m1/s1. The Hall–Kier alpha value is -2.12. The van der Waals surface area contributed by atoms with Crippen molar-refractivity contribution in [2.75, 3.05) is 5.75 Å². The second kappa shape index (κ2) is 10.0. The molecule has 1 saturated carbocycles. The minimum absolute atomic E-state index is 0.0358. The van der Waals surface area contributed by atoms with Crippen molar-refractivity contribution >= 4 is 39.2 Å². The van der Waals surface area contributed by atoms with Gasteiger partial charge in [-0.3, -0.25) is 14.2 Å². The van der Waals surface area contributed by atoms with Gasteiger partial charge < -0.3 is 5.32 Å². The highest BCUT2D eigenvalue weighted by molar-refractivity contribution is 7.99. The van der Waals surface area contributed by atoms with E-state index in [1.807, 2.05) is 41.8 Å². The van der Waals surface area contributed by atoms with E-state index >= 15 is 0 Å². The van der Waals surface area contributed by atoms with Crippen molar-refractivity contribution in [2.24, 2.45) is 0 Å². The molecule has 0 bridgehead atoms. The Bertz CT molecular complexity index is 1200. The van der Waals surface area contributed by atoms with Gasteiger partial charge in [-0.15, -0.1) is 11.3 Å². The summed E-state index contributed by atoms with van der Waals surface area (Å²) in [5.41, 5.74) is 2.44. The van der Waals surface area contributed by atoms with Crippen LogP contribution in [-0.2, 0) is 17.6 Å². The Morgan fingerprint density at radius 1 is 1.15 bits per heavy atom. The SMILES string of the molecule is C[C@@H](NC(=O)CSc1nc2sc3c(c2c(=O)n1C1CCCCC1)CCCC3)c1ccccc1. The van der Waals surface area contributed by atoms with Crippen molar-refractivity contribution in [2.45, 2.75) is 82.0 Å². The third-order valence-corrected chi connectivity index (χ3v) is 9.08. The zero-order chi connectivity index (χ0) is 22.8. The molecule has 0 radical (unpaired) electrons. The van der Waals surface area contributed by atoms with E-state index in [0.29, 0.717) is 5.16 Å². The molecule has 5 rings (SSSR count). The number of aromatic nitrogens is 2. The number of thioether (sulfide) groups is 1. The average molecular weight is 482 g/mol. The summed E-state index contributed by atoms with van der Waals surface area (Å²) < 4.78 is 1.95. The minimum Gasteiger partial charge on any atom is -0.349 e. The highest BCUT2D eigenvalue weighted by atomic mass is 32.2. The Labute approximate surface area is 203 Å². The van der Waals surface area contributed by atoms with Crippen LogP contribution in [0.25, 0.3) is 10.2 Å². The maximum absolute atomic E-state index is 13.8. The predicted molar refractivity (Wildman–Crippen MR) is 136 cm³/mol. The normalized spacial score (nSPS) is 17.6. The number of carbonyl (C=O) groups is 1. The fourth-order valence-electron chi connectivity index (χ4n) is 5.20. The molecule has 7 heteroatoms. The van der Waals surface area contributed by atoms with Crippen molar-refractivity contribution in [3.05, 3.63) is 56.7 Å². The van der Waals surface area contributed by atoms with Crippen LogP contribution in [0.2, 0.25) is 0 Å². The fourth-order valence-corrected chi connectivity index (χ4v) is 7.38. The van der Waals surface area contributed by atoms with Gasteiger partial charge in [0.05, 0.1) is 17.2 Å². The van der Waals surface area contributed by atoms with Crippen molar-refractivity contribution in [3.63, 3.8) is 0 Å². The monoisotopic (exact) mass is 481 g/mol. The molecule has 2 aliphatic carbocycles. The van der Waals surface area contributed by atoms with Gasteiger partial charge in [0.25, 0.3) is 5.56 Å². The number of benzene rings is 1. The van der Waals surface area contributed by atoms with Crippen LogP contribution in [0.4, 0.5) is 0 Å². The summed E-state index contributed by atoms with van der Waals surface area (Å²) in [7, 11) is 0. The Balaban J connectivity index is 1.42. The van der Waals surface area contributed by atoms with E-state index in [4.69, 9.17) is 4.98 Å². The van der Waals surface area contributed by atoms with E-state index in [2.05, 4.69) is 5.32 Å². The lowest BCUT2D eigenvalue weighted by atomic mass is 9.94. The largest absolute Gasteiger partial charge is 0.349 e. The molecular weight excluding hydrogens is 450 g/mol. The smallest absolute Gasteiger partial charge is 0.263 e. The summed E-state index contributed by atoms with van der Waals surface area (Å²) in [6, 6.07) is 10.1. The van der Waals surface area contributed by atoms with E-state index in [1.54, 1.807) is 11.3 Å². The molecule has 0 unspecified atom stereocenters. The van der Waals surface area contributed by atoms with Crippen LogP contribution in [-0.4, -0.2) is 21.2 Å². The number of nitrogens with zero attached hydrogens (tertiary/aromatic N) is 2. The fraction of sp³-hybridized carbons (Fsp3) is 0.500. The van der Waals surface area contributed by atoms with Gasteiger partial charge in [0.1, 0.15) is 4.83 Å². The number of thiophene rings is 1. The lowest BCUT2D eigenvalue weighted by Crippen LogP contribution is -2.31. The molecule has 0 saturated heterocycles. The van der Waals surface area contributed by atoms with Crippen LogP contribution in [0.5, 0.6) is 0 Å². The lowest BCUT2D eigenvalue weighted by Gasteiger charge is -2.26. The van der Waals surface area contributed by atoms with E-state index in [1.165, 1.54) is 35.0 Å². The van der Waals surface area contributed by atoms with Gasteiger partial charge >= 0.3 is 0 Å². The molecule has 1 fully saturated rings. The molecule has 2 aliphatic rings. The Morgan fingerprint density at radius 3 is 2.70 bits per heavy atom. The van der Waals surface area contributed by atoms with Crippen LogP contribution in [0.1, 0.15) is 80.0 Å². The number of fused-ring (bicyclic) bond motifs is 3. The molecule has 0 aliphatic heterocycles. The Morgan fingerprint density at radius 2 is 1.91 bits per heavy atom. The predicted octanol–water partition coefficient (Wildman–Crippen LogP) is 5.81. The van der Waals surface area contributed by atoms with E-state index in [-0.39, 0.29) is 29.3 Å². The van der Waals surface area contributed by atoms with Crippen LogP contribution in [0, 0.1) is 0 Å².